The topological polar surface area (TPSA) is 15.3 Å². The van der Waals surface area contributed by atoms with Gasteiger partial charge in [0.25, 0.3) is 0 Å². The van der Waals surface area contributed by atoms with Crippen LogP contribution in [0.25, 0.3) is 87.0 Å². The highest BCUT2D eigenvalue weighted by Crippen LogP contribution is 2.51. The van der Waals surface area contributed by atoms with E-state index in [1.807, 2.05) is 0 Å². The highest BCUT2D eigenvalue weighted by Gasteiger charge is 2.28. The molecule has 0 amide bonds. The molecule has 0 radical (unpaired) electrons. The van der Waals surface area contributed by atoms with E-state index in [1.165, 1.54) is 92.6 Å². The molecule has 0 atom stereocenters. The van der Waals surface area contributed by atoms with Crippen molar-refractivity contribution in [2.45, 2.75) is 0 Å². The van der Waals surface area contributed by atoms with E-state index >= 15 is 0 Å². The summed E-state index contributed by atoms with van der Waals surface area (Å²) in [5.74, 6) is 0. The fraction of sp³-hybridized carbons (Fsp3) is 0. The standard InChI is InChI=1S/C58H36N4/c1-5-19-38(20-6-1)59(39-21-7-2-8-22-39)51-33-17-32-44-43-28-15-29-45-48-36-53-49(35-52(48)61(54(43)45)56(44)51)46-30-16-31-47-50-34-37-18-13-14-27-42(37)57(58(50)62(53)55(46)47)60(40-23-9-3-10-24-40)41-25-11-4-12-26-41/h1-36H. The Balaban J connectivity index is 1.15. The molecule has 14 rings (SSSR count). The zero-order valence-corrected chi connectivity index (χ0v) is 33.6. The summed E-state index contributed by atoms with van der Waals surface area (Å²) in [5.41, 5.74) is 14.2. The Morgan fingerprint density at radius 2 is 0.645 bits per heavy atom. The number of anilines is 6. The predicted octanol–water partition coefficient (Wildman–Crippen LogP) is 16.1. The lowest BCUT2D eigenvalue weighted by molar-refractivity contribution is 1.27. The SMILES string of the molecule is c1ccc(N(c2ccccc2)c2cccc3c4cccc5c6cc7c(cc6n(c23)c54)c2cccc3c4cc5ccccc5c(N(c5ccccc5)c5ccccc5)c4n7c23)cc1. The zero-order chi connectivity index (χ0) is 40.5. The quantitative estimate of drug-likeness (QED) is 0.167. The van der Waals surface area contributed by atoms with E-state index in [1.54, 1.807) is 0 Å². The van der Waals surface area contributed by atoms with E-state index < -0.39 is 0 Å². The van der Waals surface area contributed by atoms with Crippen molar-refractivity contribution >= 4 is 121 Å². The fourth-order valence-corrected chi connectivity index (χ4v) is 10.8. The van der Waals surface area contributed by atoms with Crippen molar-refractivity contribution < 1.29 is 0 Å². The van der Waals surface area contributed by atoms with Crippen LogP contribution >= 0.6 is 0 Å². The Morgan fingerprint density at radius 1 is 0.258 bits per heavy atom. The van der Waals surface area contributed by atoms with Gasteiger partial charge in [0.15, 0.2) is 0 Å². The molecule has 4 nitrogen and oxygen atoms in total. The molecule has 4 heteroatoms. The van der Waals surface area contributed by atoms with Crippen LogP contribution in [0.15, 0.2) is 218 Å². The molecular weight excluding hydrogens is 753 g/mol. The van der Waals surface area contributed by atoms with Crippen LogP contribution in [0.3, 0.4) is 0 Å². The second-order valence-corrected chi connectivity index (χ2v) is 16.5. The summed E-state index contributed by atoms with van der Waals surface area (Å²) >= 11 is 0. The lowest BCUT2D eigenvalue weighted by Gasteiger charge is -2.28. The molecule has 4 aromatic heterocycles. The Hall–Kier alpha value is -8.34. The Bertz CT molecular complexity index is 3940. The molecule has 0 fully saturated rings. The molecule has 10 aromatic carbocycles. The Kier molecular flexibility index (Phi) is 6.80. The first-order valence-electron chi connectivity index (χ1n) is 21.4. The van der Waals surface area contributed by atoms with Crippen LogP contribution in [0.1, 0.15) is 0 Å². The van der Waals surface area contributed by atoms with Crippen LogP contribution in [-0.4, -0.2) is 8.80 Å². The number of rotatable bonds is 6. The number of nitrogens with zero attached hydrogens (tertiary/aromatic N) is 4. The average molecular weight is 789 g/mol. The molecule has 14 aromatic rings. The van der Waals surface area contributed by atoms with Crippen LogP contribution in [0.4, 0.5) is 34.1 Å². The molecule has 0 unspecified atom stereocenters. The van der Waals surface area contributed by atoms with Crippen molar-refractivity contribution in [1.82, 2.24) is 8.80 Å². The van der Waals surface area contributed by atoms with Gasteiger partial charge in [0.05, 0.1) is 44.5 Å². The molecule has 0 N–H and O–H groups in total. The minimum atomic E-state index is 1.12. The maximum Gasteiger partial charge on any atom is 0.0789 e. The molecule has 0 bridgehead atoms. The summed E-state index contributed by atoms with van der Waals surface area (Å²) in [6, 6.07) is 80.0. The predicted molar refractivity (Wildman–Crippen MR) is 263 cm³/mol. The Labute approximate surface area is 356 Å². The van der Waals surface area contributed by atoms with Crippen molar-refractivity contribution in [2.75, 3.05) is 9.80 Å². The second-order valence-electron chi connectivity index (χ2n) is 16.5. The van der Waals surface area contributed by atoms with E-state index in [0.29, 0.717) is 0 Å². The third-order valence-corrected chi connectivity index (χ3v) is 13.3. The van der Waals surface area contributed by atoms with Crippen LogP contribution in [0.2, 0.25) is 0 Å². The summed E-state index contributed by atoms with van der Waals surface area (Å²) < 4.78 is 5.14. The summed E-state index contributed by atoms with van der Waals surface area (Å²) in [7, 11) is 0. The van der Waals surface area contributed by atoms with Gasteiger partial charge >= 0.3 is 0 Å². The molecule has 288 valence electrons. The monoisotopic (exact) mass is 788 g/mol. The van der Waals surface area contributed by atoms with Crippen LogP contribution in [0.5, 0.6) is 0 Å². The van der Waals surface area contributed by atoms with Crippen LogP contribution < -0.4 is 9.80 Å². The van der Waals surface area contributed by atoms with Crippen molar-refractivity contribution in [3.05, 3.63) is 218 Å². The molecule has 0 aliphatic heterocycles. The molecule has 4 heterocycles. The van der Waals surface area contributed by atoms with Gasteiger partial charge in [-0.05, 0) is 78.2 Å². The van der Waals surface area contributed by atoms with E-state index in [4.69, 9.17) is 0 Å². The maximum atomic E-state index is 2.58. The lowest BCUT2D eigenvalue weighted by Crippen LogP contribution is -2.11. The van der Waals surface area contributed by atoms with Gasteiger partial charge in [-0.3, -0.25) is 0 Å². The first-order chi connectivity index (χ1) is 30.8. The number of fused-ring (bicyclic) bond motifs is 13. The van der Waals surface area contributed by atoms with Gasteiger partial charge in [-0.15, -0.1) is 0 Å². The number of hydrogen-bond donors (Lipinski definition) is 0. The smallest absolute Gasteiger partial charge is 0.0789 e. The molecular formula is C58H36N4. The number of benzene rings is 10. The minimum Gasteiger partial charge on any atom is -0.308 e. The van der Waals surface area contributed by atoms with Gasteiger partial charge in [-0.2, -0.15) is 0 Å². The van der Waals surface area contributed by atoms with E-state index in [0.717, 1.165) is 28.4 Å². The summed E-state index contributed by atoms with van der Waals surface area (Å²) in [6.07, 6.45) is 0. The normalized spacial score (nSPS) is 12.2. The molecule has 0 saturated heterocycles. The maximum absolute atomic E-state index is 2.58. The van der Waals surface area contributed by atoms with Crippen molar-refractivity contribution in [3.8, 4) is 0 Å². The zero-order valence-electron chi connectivity index (χ0n) is 33.6. The minimum absolute atomic E-state index is 1.12. The second kappa shape index (κ2) is 12.6. The van der Waals surface area contributed by atoms with E-state index in [2.05, 4.69) is 237 Å². The van der Waals surface area contributed by atoms with Gasteiger partial charge in [0, 0.05) is 71.2 Å². The van der Waals surface area contributed by atoms with Gasteiger partial charge in [-0.25, -0.2) is 0 Å². The Morgan fingerprint density at radius 3 is 1.18 bits per heavy atom. The average Bonchev–Trinajstić information content (AvgIpc) is 4.06. The first kappa shape index (κ1) is 33.5. The fourth-order valence-electron chi connectivity index (χ4n) is 10.8. The van der Waals surface area contributed by atoms with Gasteiger partial charge in [-0.1, -0.05) is 146 Å². The third-order valence-electron chi connectivity index (χ3n) is 13.3. The van der Waals surface area contributed by atoms with Crippen LogP contribution in [0, 0.1) is 0 Å². The van der Waals surface area contributed by atoms with Gasteiger partial charge in [0.1, 0.15) is 0 Å². The van der Waals surface area contributed by atoms with E-state index in [-0.39, 0.29) is 0 Å². The molecule has 62 heavy (non-hydrogen) atoms. The van der Waals surface area contributed by atoms with Gasteiger partial charge < -0.3 is 18.6 Å². The van der Waals surface area contributed by atoms with Gasteiger partial charge in [0.2, 0.25) is 0 Å². The first-order valence-corrected chi connectivity index (χ1v) is 21.4. The number of aromatic nitrogens is 2. The van der Waals surface area contributed by atoms with Crippen molar-refractivity contribution in [1.29, 1.82) is 0 Å². The summed E-state index contributed by atoms with van der Waals surface area (Å²) in [5, 5.41) is 12.5. The van der Waals surface area contributed by atoms with Crippen molar-refractivity contribution in [3.63, 3.8) is 0 Å². The molecule has 0 saturated carbocycles. The summed E-state index contributed by atoms with van der Waals surface area (Å²) in [4.78, 5) is 4.87. The number of hydrogen-bond acceptors (Lipinski definition) is 2. The highest BCUT2D eigenvalue weighted by molar-refractivity contribution is 6.32. The van der Waals surface area contributed by atoms with Crippen LogP contribution in [-0.2, 0) is 0 Å². The molecule has 0 spiro atoms. The summed E-state index contributed by atoms with van der Waals surface area (Å²) in [6.45, 7) is 0. The lowest BCUT2D eigenvalue weighted by atomic mass is 10.0. The molecule has 0 aliphatic carbocycles. The number of para-hydroxylation sites is 7. The molecule has 0 aliphatic rings. The largest absolute Gasteiger partial charge is 0.308 e. The van der Waals surface area contributed by atoms with Crippen molar-refractivity contribution in [2.24, 2.45) is 0 Å². The third kappa shape index (κ3) is 4.45. The highest BCUT2D eigenvalue weighted by atomic mass is 15.2. The van der Waals surface area contributed by atoms with E-state index in [9.17, 15) is 0 Å².